The van der Waals surface area contributed by atoms with E-state index in [-0.39, 0.29) is 0 Å². The molecule has 1 N–H and O–H groups in total. The average Bonchev–Trinajstić information content (AvgIpc) is 3.09. The number of aromatic nitrogens is 2. The van der Waals surface area contributed by atoms with Crippen LogP contribution in [0.4, 0.5) is 0 Å². The van der Waals surface area contributed by atoms with Gasteiger partial charge in [-0.05, 0) is 46.3 Å². The first-order valence-corrected chi connectivity index (χ1v) is 7.62. The molecule has 2 fully saturated rings. The van der Waals surface area contributed by atoms with Gasteiger partial charge in [0.05, 0.1) is 12.0 Å². The summed E-state index contributed by atoms with van der Waals surface area (Å²) in [6.07, 6.45) is 12.0. The van der Waals surface area contributed by atoms with E-state index in [1.807, 2.05) is 6.33 Å². The Morgan fingerprint density at radius 3 is 2.79 bits per heavy atom. The number of hydrogen-bond acceptors (Lipinski definition) is 3. The quantitative estimate of drug-likeness (QED) is 0.903. The van der Waals surface area contributed by atoms with Crippen LogP contribution in [0.3, 0.4) is 0 Å². The fourth-order valence-electron chi connectivity index (χ4n) is 3.79. The van der Waals surface area contributed by atoms with E-state index in [0.29, 0.717) is 11.6 Å². The van der Waals surface area contributed by atoms with E-state index in [9.17, 15) is 0 Å². The van der Waals surface area contributed by atoms with Crippen LogP contribution in [0.5, 0.6) is 0 Å². The Morgan fingerprint density at radius 1 is 1.37 bits per heavy atom. The van der Waals surface area contributed by atoms with Crippen molar-refractivity contribution in [2.75, 3.05) is 20.6 Å². The van der Waals surface area contributed by atoms with Crippen molar-refractivity contribution in [2.24, 2.45) is 0 Å². The predicted molar refractivity (Wildman–Crippen MR) is 77.1 cm³/mol. The molecule has 0 unspecified atom stereocenters. The van der Waals surface area contributed by atoms with E-state index >= 15 is 0 Å². The van der Waals surface area contributed by atoms with Gasteiger partial charge in [-0.25, -0.2) is 4.98 Å². The third-order valence-electron chi connectivity index (χ3n) is 5.11. The number of nitrogens with zero attached hydrogens (tertiary/aromatic N) is 3. The highest BCUT2D eigenvalue weighted by atomic mass is 15.2. The molecule has 2 heterocycles. The maximum Gasteiger partial charge on any atom is 0.0949 e. The van der Waals surface area contributed by atoms with Gasteiger partial charge in [-0.3, -0.25) is 0 Å². The summed E-state index contributed by atoms with van der Waals surface area (Å²) in [6, 6.07) is 0.517. The first-order valence-electron chi connectivity index (χ1n) is 7.62. The molecule has 0 aromatic carbocycles. The molecule has 1 aliphatic carbocycles. The summed E-state index contributed by atoms with van der Waals surface area (Å²) < 4.78 is 2.40. The molecule has 1 aliphatic heterocycles. The molecule has 19 heavy (non-hydrogen) atoms. The summed E-state index contributed by atoms with van der Waals surface area (Å²) in [7, 11) is 4.46. The van der Waals surface area contributed by atoms with Crippen LogP contribution in [0.15, 0.2) is 12.5 Å². The molecule has 0 radical (unpaired) electrons. The fourth-order valence-corrected chi connectivity index (χ4v) is 3.79. The monoisotopic (exact) mass is 262 g/mol. The van der Waals surface area contributed by atoms with Crippen LogP contribution >= 0.6 is 0 Å². The van der Waals surface area contributed by atoms with Crippen LogP contribution in [0.25, 0.3) is 0 Å². The van der Waals surface area contributed by atoms with Gasteiger partial charge in [-0.1, -0.05) is 12.8 Å². The lowest BCUT2D eigenvalue weighted by atomic mass is 9.95. The number of likely N-dealkylation sites (N-methyl/N-ethyl adjacent to an activating group) is 1. The molecule has 1 atom stereocenters. The van der Waals surface area contributed by atoms with Gasteiger partial charge < -0.3 is 14.8 Å². The van der Waals surface area contributed by atoms with Crippen molar-refractivity contribution in [3.05, 3.63) is 18.2 Å². The van der Waals surface area contributed by atoms with Gasteiger partial charge in [0.2, 0.25) is 0 Å². The summed E-state index contributed by atoms with van der Waals surface area (Å²) >= 11 is 0. The lowest BCUT2D eigenvalue weighted by Crippen LogP contribution is -2.45. The molecule has 1 aromatic rings. The number of hydrogen-bond donors (Lipinski definition) is 1. The molecule has 0 spiro atoms. The molecule has 2 aliphatic rings. The Hall–Kier alpha value is -0.870. The third-order valence-corrected chi connectivity index (χ3v) is 5.11. The smallest absolute Gasteiger partial charge is 0.0949 e. The van der Waals surface area contributed by atoms with Crippen molar-refractivity contribution in [1.29, 1.82) is 0 Å². The van der Waals surface area contributed by atoms with E-state index in [1.165, 1.54) is 44.2 Å². The van der Waals surface area contributed by atoms with E-state index < -0.39 is 0 Å². The highest BCUT2D eigenvalue weighted by molar-refractivity contribution is 5.09. The second-order valence-corrected chi connectivity index (χ2v) is 6.42. The molecular weight excluding hydrogens is 236 g/mol. The van der Waals surface area contributed by atoms with Gasteiger partial charge in [0.15, 0.2) is 0 Å². The van der Waals surface area contributed by atoms with Gasteiger partial charge >= 0.3 is 0 Å². The maximum absolute atomic E-state index is 4.40. The van der Waals surface area contributed by atoms with Crippen LogP contribution in [0, 0.1) is 0 Å². The van der Waals surface area contributed by atoms with Gasteiger partial charge in [0, 0.05) is 24.3 Å². The molecule has 1 saturated heterocycles. The van der Waals surface area contributed by atoms with Crippen LogP contribution in [0.1, 0.15) is 50.3 Å². The minimum atomic E-state index is 0.341. The van der Waals surface area contributed by atoms with Crippen LogP contribution in [0.2, 0.25) is 0 Å². The number of rotatable bonds is 4. The molecule has 0 bridgehead atoms. The largest absolute Gasteiger partial charge is 0.331 e. The lowest BCUT2D eigenvalue weighted by Gasteiger charge is -2.37. The SMILES string of the molecule is CN(C)C1(Cn2cncc2[C@@H]2CCCN2)CCCC1. The van der Waals surface area contributed by atoms with Gasteiger partial charge in [-0.2, -0.15) is 0 Å². The molecule has 106 valence electrons. The van der Waals surface area contributed by atoms with Gasteiger partial charge in [-0.15, -0.1) is 0 Å². The molecule has 4 nitrogen and oxygen atoms in total. The van der Waals surface area contributed by atoms with E-state index in [0.717, 1.165) is 13.1 Å². The highest BCUT2D eigenvalue weighted by Gasteiger charge is 2.37. The van der Waals surface area contributed by atoms with Crippen LogP contribution in [-0.2, 0) is 6.54 Å². The van der Waals surface area contributed by atoms with Gasteiger partial charge in [0.25, 0.3) is 0 Å². The Morgan fingerprint density at radius 2 is 2.16 bits per heavy atom. The Bertz CT molecular complexity index is 412. The second kappa shape index (κ2) is 5.25. The Balaban J connectivity index is 1.80. The highest BCUT2D eigenvalue weighted by Crippen LogP contribution is 2.36. The molecular formula is C15H26N4. The molecule has 0 amide bonds. The minimum absolute atomic E-state index is 0.341. The van der Waals surface area contributed by atoms with Crippen molar-refractivity contribution in [3.63, 3.8) is 0 Å². The normalized spacial score (nSPS) is 26.4. The zero-order valence-electron chi connectivity index (χ0n) is 12.2. The molecule has 3 rings (SSSR count). The number of nitrogens with one attached hydrogen (secondary N) is 1. The van der Waals surface area contributed by atoms with Crippen LogP contribution < -0.4 is 5.32 Å². The van der Waals surface area contributed by atoms with E-state index in [4.69, 9.17) is 0 Å². The van der Waals surface area contributed by atoms with E-state index in [2.05, 4.69) is 40.1 Å². The van der Waals surface area contributed by atoms with Crippen molar-refractivity contribution in [1.82, 2.24) is 19.8 Å². The van der Waals surface area contributed by atoms with E-state index in [1.54, 1.807) is 0 Å². The second-order valence-electron chi connectivity index (χ2n) is 6.42. The molecule has 4 heteroatoms. The minimum Gasteiger partial charge on any atom is -0.331 e. The first-order chi connectivity index (χ1) is 9.21. The summed E-state index contributed by atoms with van der Waals surface area (Å²) in [4.78, 5) is 6.84. The topological polar surface area (TPSA) is 33.1 Å². The summed E-state index contributed by atoms with van der Waals surface area (Å²) in [5.41, 5.74) is 1.72. The summed E-state index contributed by atoms with van der Waals surface area (Å²) in [5, 5.41) is 3.59. The van der Waals surface area contributed by atoms with Crippen LogP contribution in [-0.4, -0.2) is 40.6 Å². The Kier molecular flexibility index (Phi) is 3.63. The fraction of sp³-hybridized carbons (Fsp3) is 0.800. The predicted octanol–water partition coefficient (Wildman–Crippen LogP) is 2.18. The van der Waals surface area contributed by atoms with Crippen molar-refractivity contribution in [2.45, 2.75) is 56.7 Å². The zero-order chi connectivity index (χ0) is 13.3. The Labute approximate surface area is 116 Å². The molecule has 1 saturated carbocycles. The third kappa shape index (κ3) is 2.43. The van der Waals surface area contributed by atoms with Crippen molar-refractivity contribution >= 4 is 0 Å². The molecule has 1 aromatic heterocycles. The average molecular weight is 262 g/mol. The zero-order valence-corrected chi connectivity index (χ0v) is 12.2. The lowest BCUT2D eigenvalue weighted by molar-refractivity contribution is 0.132. The van der Waals surface area contributed by atoms with Crippen molar-refractivity contribution in [3.8, 4) is 0 Å². The standard InChI is InChI=1S/C15H26N4/c1-18(2)15(7-3-4-8-15)11-19-12-16-10-14(19)13-6-5-9-17-13/h10,12-13,17H,3-9,11H2,1-2H3/t13-/m0/s1. The number of imidazole rings is 1. The first kappa shape index (κ1) is 13.1. The van der Waals surface area contributed by atoms with Crippen molar-refractivity contribution < 1.29 is 0 Å². The van der Waals surface area contributed by atoms with Gasteiger partial charge in [0.1, 0.15) is 0 Å². The maximum atomic E-state index is 4.40. The summed E-state index contributed by atoms with van der Waals surface area (Å²) in [6.45, 7) is 2.24. The summed E-state index contributed by atoms with van der Waals surface area (Å²) in [5.74, 6) is 0.